The summed E-state index contributed by atoms with van der Waals surface area (Å²) in [7, 11) is 1.99. The molecule has 0 bridgehead atoms. The van der Waals surface area contributed by atoms with Gasteiger partial charge in [0.05, 0.1) is 5.92 Å². The highest BCUT2D eigenvalue weighted by Gasteiger charge is 2.41. The molecule has 1 heterocycles. The molecule has 0 spiro atoms. The maximum atomic E-state index is 12.7. The molecule has 5 heteroatoms. The van der Waals surface area contributed by atoms with Gasteiger partial charge < -0.3 is 10.2 Å². The first kappa shape index (κ1) is 15.1. The summed E-state index contributed by atoms with van der Waals surface area (Å²) in [6, 6.07) is 0.572. The molecule has 2 nitrogen and oxygen atoms in total. The Labute approximate surface area is 113 Å². The van der Waals surface area contributed by atoms with E-state index in [0.717, 1.165) is 19.5 Å². The molecule has 2 aliphatic rings. The summed E-state index contributed by atoms with van der Waals surface area (Å²) < 4.78 is 38.2. The molecule has 2 fully saturated rings. The lowest BCUT2D eigenvalue weighted by Crippen LogP contribution is -2.43. The van der Waals surface area contributed by atoms with Crippen LogP contribution in [0.1, 0.15) is 38.5 Å². The molecule has 112 valence electrons. The Balaban J connectivity index is 1.76. The van der Waals surface area contributed by atoms with E-state index in [-0.39, 0.29) is 6.54 Å². The number of hydrogen-bond donors (Lipinski definition) is 1. The number of likely N-dealkylation sites (tertiary alicyclic amines) is 1. The zero-order chi connectivity index (χ0) is 13.9. The summed E-state index contributed by atoms with van der Waals surface area (Å²) in [6.45, 7) is 1.87. The van der Waals surface area contributed by atoms with Crippen molar-refractivity contribution in [3.8, 4) is 0 Å². The number of halogens is 3. The van der Waals surface area contributed by atoms with Gasteiger partial charge in [0.15, 0.2) is 0 Å². The van der Waals surface area contributed by atoms with Crippen LogP contribution in [0.4, 0.5) is 13.2 Å². The molecular formula is C14H25F3N2. The highest BCUT2D eigenvalue weighted by atomic mass is 19.4. The average Bonchev–Trinajstić information content (AvgIpc) is 2.83. The van der Waals surface area contributed by atoms with Crippen LogP contribution in [-0.2, 0) is 0 Å². The Kier molecular flexibility index (Phi) is 5.12. The Morgan fingerprint density at radius 1 is 1.16 bits per heavy atom. The number of nitrogens with one attached hydrogen (secondary N) is 1. The van der Waals surface area contributed by atoms with Gasteiger partial charge in [-0.2, -0.15) is 13.2 Å². The van der Waals surface area contributed by atoms with Gasteiger partial charge in [-0.1, -0.05) is 6.42 Å². The number of rotatable bonds is 4. The minimum absolute atomic E-state index is 0.209. The van der Waals surface area contributed by atoms with Crippen molar-refractivity contribution >= 4 is 0 Å². The Morgan fingerprint density at radius 3 is 2.63 bits per heavy atom. The van der Waals surface area contributed by atoms with E-state index in [1.54, 1.807) is 0 Å². The number of hydrogen-bond acceptors (Lipinski definition) is 2. The fraction of sp³-hybridized carbons (Fsp3) is 1.00. The summed E-state index contributed by atoms with van der Waals surface area (Å²) in [5, 5.41) is 3.34. The molecule has 3 atom stereocenters. The van der Waals surface area contributed by atoms with Crippen LogP contribution in [0, 0.1) is 11.8 Å². The van der Waals surface area contributed by atoms with Crippen molar-refractivity contribution in [2.75, 3.05) is 26.7 Å². The Bertz CT molecular complexity index is 280. The molecule has 0 amide bonds. The lowest BCUT2D eigenvalue weighted by molar-refractivity contribution is -0.186. The van der Waals surface area contributed by atoms with Crippen LogP contribution in [0.3, 0.4) is 0 Å². The number of nitrogens with zero attached hydrogens (tertiary/aromatic N) is 1. The molecule has 0 aromatic carbocycles. The fourth-order valence-corrected chi connectivity index (χ4v) is 3.64. The van der Waals surface area contributed by atoms with Crippen LogP contribution in [0.2, 0.25) is 0 Å². The van der Waals surface area contributed by atoms with E-state index in [1.807, 2.05) is 11.9 Å². The van der Waals surface area contributed by atoms with Crippen molar-refractivity contribution < 1.29 is 13.2 Å². The summed E-state index contributed by atoms with van der Waals surface area (Å²) in [4.78, 5) is 2.02. The first-order valence-corrected chi connectivity index (χ1v) is 7.47. The highest BCUT2D eigenvalue weighted by molar-refractivity contribution is 4.84. The second-order valence-corrected chi connectivity index (χ2v) is 6.06. The van der Waals surface area contributed by atoms with Crippen LogP contribution in [0.25, 0.3) is 0 Å². The fourth-order valence-electron chi connectivity index (χ4n) is 3.64. The van der Waals surface area contributed by atoms with E-state index < -0.39 is 12.1 Å². The number of alkyl halides is 3. The predicted molar refractivity (Wildman–Crippen MR) is 70.0 cm³/mol. The minimum atomic E-state index is -4.01. The van der Waals surface area contributed by atoms with Crippen LogP contribution in [0.15, 0.2) is 0 Å². The Morgan fingerprint density at radius 2 is 1.95 bits per heavy atom. The minimum Gasteiger partial charge on any atom is -0.317 e. The molecule has 1 aliphatic heterocycles. The zero-order valence-corrected chi connectivity index (χ0v) is 11.7. The second-order valence-electron chi connectivity index (χ2n) is 6.06. The van der Waals surface area contributed by atoms with E-state index in [4.69, 9.17) is 0 Å². The molecule has 1 saturated carbocycles. The zero-order valence-electron chi connectivity index (χ0n) is 11.7. The highest BCUT2D eigenvalue weighted by Crippen LogP contribution is 2.34. The molecule has 3 unspecified atom stereocenters. The molecule has 1 saturated heterocycles. The first-order valence-electron chi connectivity index (χ1n) is 7.47. The third-order valence-corrected chi connectivity index (χ3v) is 4.81. The largest absolute Gasteiger partial charge is 0.393 e. The van der Waals surface area contributed by atoms with Crippen LogP contribution < -0.4 is 5.32 Å². The van der Waals surface area contributed by atoms with Gasteiger partial charge in [0.25, 0.3) is 0 Å². The van der Waals surface area contributed by atoms with Crippen molar-refractivity contribution in [3.63, 3.8) is 0 Å². The van der Waals surface area contributed by atoms with Crippen LogP contribution in [0.5, 0.6) is 0 Å². The summed E-state index contributed by atoms with van der Waals surface area (Å²) in [6.07, 6.45) is 1.71. The lowest BCUT2D eigenvalue weighted by atomic mass is 9.95. The van der Waals surface area contributed by atoms with Crippen LogP contribution in [-0.4, -0.2) is 43.8 Å². The van der Waals surface area contributed by atoms with Crippen molar-refractivity contribution in [1.29, 1.82) is 0 Å². The van der Waals surface area contributed by atoms with Crippen molar-refractivity contribution in [2.24, 2.45) is 11.8 Å². The standard InChI is InChI=1S/C14H25F3N2/c1-18-13-6-2-4-11(13)7-9-19-8-3-5-12(10-19)14(15,16)17/h11-13,18H,2-10H2,1H3. The molecule has 1 aliphatic carbocycles. The predicted octanol–water partition coefficient (Wildman–Crippen LogP) is 3.04. The van der Waals surface area contributed by atoms with Gasteiger partial charge >= 0.3 is 6.18 Å². The van der Waals surface area contributed by atoms with Gasteiger partial charge in [-0.05, 0) is 58.2 Å². The maximum absolute atomic E-state index is 12.7. The molecule has 0 radical (unpaired) electrons. The third-order valence-electron chi connectivity index (χ3n) is 4.81. The average molecular weight is 278 g/mol. The summed E-state index contributed by atoms with van der Waals surface area (Å²) in [5.41, 5.74) is 0. The summed E-state index contributed by atoms with van der Waals surface area (Å²) in [5.74, 6) is -0.457. The van der Waals surface area contributed by atoms with Crippen molar-refractivity contribution in [1.82, 2.24) is 10.2 Å². The third kappa shape index (κ3) is 4.09. The first-order chi connectivity index (χ1) is 9.00. The molecule has 19 heavy (non-hydrogen) atoms. The molecule has 1 N–H and O–H groups in total. The van der Waals surface area contributed by atoms with E-state index >= 15 is 0 Å². The number of piperidine rings is 1. The second kappa shape index (κ2) is 6.44. The van der Waals surface area contributed by atoms with E-state index in [1.165, 1.54) is 19.3 Å². The van der Waals surface area contributed by atoms with E-state index in [9.17, 15) is 13.2 Å². The molecule has 2 rings (SSSR count). The van der Waals surface area contributed by atoms with Crippen molar-refractivity contribution in [3.05, 3.63) is 0 Å². The SMILES string of the molecule is CNC1CCCC1CCN1CCCC(C(F)(F)F)C1. The molecular weight excluding hydrogens is 253 g/mol. The van der Waals surface area contributed by atoms with Crippen molar-refractivity contribution in [2.45, 2.75) is 50.7 Å². The molecule has 0 aromatic rings. The van der Waals surface area contributed by atoms with Gasteiger partial charge in [-0.3, -0.25) is 0 Å². The van der Waals surface area contributed by atoms with E-state index in [2.05, 4.69) is 5.32 Å². The van der Waals surface area contributed by atoms with Gasteiger partial charge in [0.1, 0.15) is 0 Å². The van der Waals surface area contributed by atoms with Gasteiger partial charge in [-0.25, -0.2) is 0 Å². The normalized spacial score (nSPS) is 33.8. The Hall–Kier alpha value is -0.290. The topological polar surface area (TPSA) is 15.3 Å². The lowest BCUT2D eigenvalue weighted by Gasteiger charge is -2.34. The van der Waals surface area contributed by atoms with Gasteiger partial charge in [0.2, 0.25) is 0 Å². The van der Waals surface area contributed by atoms with Gasteiger partial charge in [-0.15, -0.1) is 0 Å². The maximum Gasteiger partial charge on any atom is 0.393 e. The smallest absolute Gasteiger partial charge is 0.317 e. The monoisotopic (exact) mass is 278 g/mol. The van der Waals surface area contributed by atoms with Gasteiger partial charge in [0, 0.05) is 12.6 Å². The van der Waals surface area contributed by atoms with Crippen LogP contribution >= 0.6 is 0 Å². The quantitative estimate of drug-likeness (QED) is 0.850. The molecule has 0 aromatic heterocycles. The van der Waals surface area contributed by atoms with E-state index in [0.29, 0.717) is 24.8 Å². The summed E-state index contributed by atoms with van der Waals surface area (Å²) >= 11 is 0.